The predicted molar refractivity (Wildman–Crippen MR) is 326 cm³/mol. The topological polar surface area (TPSA) is 237 Å². The van der Waals surface area contributed by atoms with Gasteiger partial charge in [-0.1, -0.05) is 260 Å². The maximum absolute atomic E-state index is 13.0. The Labute approximate surface area is 498 Å². The highest BCUT2D eigenvalue weighted by Gasteiger charge is 2.30. The lowest BCUT2D eigenvalue weighted by molar-refractivity contribution is -0.161. The summed E-state index contributed by atoms with van der Waals surface area (Å²) in [5.41, 5.74) is 0. The van der Waals surface area contributed by atoms with Crippen molar-refractivity contribution >= 4 is 39.5 Å². The molecule has 0 saturated heterocycles. The second-order valence-corrected chi connectivity index (χ2v) is 26.7. The fourth-order valence-corrected chi connectivity index (χ4v) is 10.9. The predicted octanol–water partition coefficient (Wildman–Crippen LogP) is 17.3. The summed E-state index contributed by atoms with van der Waals surface area (Å²) in [5.74, 6) is -0.724. The molecule has 0 saturated carbocycles. The third-order valence-corrected chi connectivity index (χ3v) is 16.4. The van der Waals surface area contributed by atoms with Crippen molar-refractivity contribution in [1.82, 2.24) is 0 Å². The average molecular weight is 1210 g/mol. The van der Waals surface area contributed by atoms with Crippen LogP contribution >= 0.6 is 15.6 Å². The van der Waals surface area contributed by atoms with E-state index in [1.54, 1.807) is 0 Å². The minimum Gasteiger partial charge on any atom is -0.462 e. The van der Waals surface area contributed by atoms with Crippen molar-refractivity contribution in [3.63, 3.8) is 0 Å². The largest absolute Gasteiger partial charge is 0.472 e. The first-order valence-corrected chi connectivity index (χ1v) is 36.0. The number of carbonyl (C=O) groups excluding carboxylic acids is 4. The second kappa shape index (κ2) is 55.6. The van der Waals surface area contributed by atoms with Crippen molar-refractivity contribution in [2.45, 2.75) is 330 Å². The highest BCUT2D eigenvalue weighted by Crippen LogP contribution is 2.45. The zero-order valence-corrected chi connectivity index (χ0v) is 54.6. The van der Waals surface area contributed by atoms with E-state index in [1.165, 1.54) is 128 Å². The number of rotatable bonds is 62. The SMILES string of the molecule is CCCCCCCCCCCCCC(=O)OC[C@H](COP(=O)(O)OC[C@@H](O)COP(=O)(O)OC[C@@H](COC(=O)CCCCCCCCCCCC)OC(=O)CCCCCCCCCC(C)C)OC(=O)CCCCCCCCCCC(C)C. The average Bonchev–Trinajstić information content (AvgIpc) is 3.43. The van der Waals surface area contributed by atoms with Gasteiger partial charge in [0, 0.05) is 25.7 Å². The maximum atomic E-state index is 13.0. The van der Waals surface area contributed by atoms with Crippen molar-refractivity contribution in [2.24, 2.45) is 11.8 Å². The van der Waals surface area contributed by atoms with Gasteiger partial charge in [-0.05, 0) is 37.5 Å². The Morgan fingerprint density at radius 1 is 0.329 bits per heavy atom. The molecule has 0 aromatic rings. The van der Waals surface area contributed by atoms with Crippen LogP contribution in [0.2, 0.25) is 0 Å². The molecule has 486 valence electrons. The van der Waals surface area contributed by atoms with Gasteiger partial charge in [-0.15, -0.1) is 0 Å². The minimum atomic E-state index is -4.94. The fraction of sp³-hybridized carbons (Fsp3) is 0.937. The molecule has 3 N–H and O–H groups in total. The first kappa shape index (κ1) is 80.1. The van der Waals surface area contributed by atoms with Gasteiger partial charge in [0.15, 0.2) is 12.2 Å². The molecule has 0 aliphatic rings. The summed E-state index contributed by atoms with van der Waals surface area (Å²) < 4.78 is 67.9. The van der Waals surface area contributed by atoms with Gasteiger partial charge in [0.05, 0.1) is 26.4 Å². The Morgan fingerprint density at radius 3 is 0.829 bits per heavy atom. The van der Waals surface area contributed by atoms with Crippen LogP contribution in [0.1, 0.15) is 311 Å². The molecule has 82 heavy (non-hydrogen) atoms. The smallest absolute Gasteiger partial charge is 0.462 e. The Hall–Kier alpha value is -1.94. The van der Waals surface area contributed by atoms with Crippen LogP contribution in [0.3, 0.4) is 0 Å². The van der Waals surface area contributed by atoms with Crippen LogP contribution in [0.25, 0.3) is 0 Å². The van der Waals surface area contributed by atoms with Crippen LogP contribution in [0.4, 0.5) is 0 Å². The van der Waals surface area contributed by atoms with E-state index < -0.39 is 97.5 Å². The zero-order valence-electron chi connectivity index (χ0n) is 52.8. The standard InChI is InChI=1S/C63H122O17P2/c1-7-9-11-13-15-17-19-21-28-34-40-46-61(66)74-51-58(79-62(67)47-41-35-29-23-22-25-31-37-43-55(3)4)53-77-81(69,70)75-49-57(64)50-76-82(71,72)78-54-59(80-63(68)48-42-36-30-24-26-32-38-44-56(5)6)52-73-60(65)45-39-33-27-20-18-16-14-12-10-8-2/h55-59,64H,7-54H2,1-6H3,(H,69,70)(H,71,72)/t57-,58-,59-/m1/s1. The van der Waals surface area contributed by atoms with Crippen molar-refractivity contribution in [3.8, 4) is 0 Å². The van der Waals surface area contributed by atoms with E-state index in [0.717, 1.165) is 95.8 Å². The minimum absolute atomic E-state index is 0.103. The Kier molecular flexibility index (Phi) is 54.3. The van der Waals surface area contributed by atoms with Crippen molar-refractivity contribution in [2.75, 3.05) is 39.6 Å². The number of ether oxygens (including phenoxy) is 4. The molecule has 19 heteroatoms. The number of unbranched alkanes of at least 4 members (excludes halogenated alkanes) is 32. The van der Waals surface area contributed by atoms with Gasteiger partial charge in [0.1, 0.15) is 19.3 Å². The first-order chi connectivity index (χ1) is 39.4. The lowest BCUT2D eigenvalue weighted by atomic mass is 10.0. The third kappa shape index (κ3) is 57.2. The molecular formula is C63H122O17P2. The van der Waals surface area contributed by atoms with E-state index in [1.807, 2.05) is 0 Å². The van der Waals surface area contributed by atoms with Gasteiger partial charge >= 0.3 is 39.5 Å². The van der Waals surface area contributed by atoms with Gasteiger partial charge in [-0.3, -0.25) is 37.3 Å². The first-order valence-electron chi connectivity index (χ1n) is 33.0. The van der Waals surface area contributed by atoms with Crippen LogP contribution < -0.4 is 0 Å². The molecule has 0 fully saturated rings. The lowest BCUT2D eigenvalue weighted by Gasteiger charge is -2.21. The molecule has 5 atom stereocenters. The van der Waals surface area contributed by atoms with E-state index in [4.69, 9.17) is 37.0 Å². The molecule has 17 nitrogen and oxygen atoms in total. The van der Waals surface area contributed by atoms with Crippen LogP contribution in [0, 0.1) is 11.8 Å². The zero-order chi connectivity index (χ0) is 60.8. The summed E-state index contributed by atoms with van der Waals surface area (Å²) >= 11 is 0. The summed E-state index contributed by atoms with van der Waals surface area (Å²) in [5, 5.41) is 10.5. The number of hydrogen-bond acceptors (Lipinski definition) is 15. The molecule has 0 rings (SSSR count). The summed E-state index contributed by atoms with van der Waals surface area (Å²) in [6.07, 6.45) is 37.6. The molecule has 0 radical (unpaired) electrons. The van der Waals surface area contributed by atoms with Crippen LogP contribution in [-0.2, 0) is 65.4 Å². The number of hydrogen-bond donors (Lipinski definition) is 3. The molecule has 0 spiro atoms. The van der Waals surface area contributed by atoms with Crippen molar-refractivity contribution in [1.29, 1.82) is 0 Å². The van der Waals surface area contributed by atoms with Gasteiger partial charge in [0.25, 0.3) is 0 Å². The summed E-state index contributed by atoms with van der Waals surface area (Å²) in [7, 11) is -9.88. The van der Waals surface area contributed by atoms with Gasteiger partial charge in [-0.25, -0.2) is 9.13 Å². The molecule has 0 aromatic carbocycles. The van der Waals surface area contributed by atoms with E-state index in [0.29, 0.717) is 31.6 Å². The number of aliphatic hydroxyl groups is 1. The molecule has 0 aliphatic carbocycles. The number of aliphatic hydroxyl groups excluding tert-OH is 1. The highest BCUT2D eigenvalue weighted by molar-refractivity contribution is 7.47. The quantitative estimate of drug-likeness (QED) is 0.0222. The molecular weight excluding hydrogens is 1090 g/mol. The lowest BCUT2D eigenvalue weighted by Crippen LogP contribution is -2.30. The molecule has 0 aliphatic heterocycles. The fourth-order valence-electron chi connectivity index (χ4n) is 9.35. The van der Waals surface area contributed by atoms with Gasteiger partial charge in [0.2, 0.25) is 0 Å². The monoisotopic (exact) mass is 1210 g/mol. The van der Waals surface area contributed by atoms with Gasteiger partial charge < -0.3 is 33.8 Å². The van der Waals surface area contributed by atoms with E-state index >= 15 is 0 Å². The van der Waals surface area contributed by atoms with E-state index in [2.05, 4.69) is 41.5 Å². The molecule has 0 heterocycles. The molecule has 0 amide bonds. The molecule has 0 aromatic heterocycles. The number of phosphoric acid groups is 2. The number of esters is 4. The number of phosphoric ester groups is 2. The summed E-state index contributed by atoms with van der Waals surface area (Å²) in [6.45, 7) is 9.37. The van der Waals surface area contributed by atoms with Crippen molar-refractivity contribution < 1.29 is 80.2 Å². The van der Waals surface area contributed by atoms with E-state index in [-0.39, 0.29) is 25.7 Å². The highest BCUT2D eigenvalue weighted by atomic mass is 31.2. The third-order valence-electron chi connectivity index (χ3n) is 14.5. The summed E-state index contributed by atoms with van der Waals surface area (Å²) in [4.78, 5) is 72.1. The van der Waals surface area contributed by atoms with Crippen LogP contribution in [0.5, 0.6) is 0 Å². The Bertz CT molecular complexity index is 1620. The number of carbonyl (C=O) groups is 4. The Balaban J connectivity index is 5.24. The Morgan fingerprint density at radius 2 is 0.561 bits per heavy atom. The van der Waals surface area contributed by atoms with Gasteiger partial charge in [-0.2, -0.15) is 0 Å². The van der Waals surface area contributed by atoms with Crippen LogP contribution in [0.15, 0.2) is 0 Å². The second-order valence-electron chi connectivity index (χ2n) is 23.7. The maximum Gasteiger partial charge on any atom is 0.472 e. The van der Waals surface area contributed by atoms with Crippen molar-refractivity contribution in [3.05, 3.63) is 0 Å². The van der Waals surface area contributed by atoms with Crippen LogP contribution in [-0.4, -0.2) is 96.7 Å². The summed E-state index contributed by atoms with van der Waals surface area (Å²) in [6, 6.07) is 0. The van der Waals surface area contributed by atoms with E-state index in [9.17, 15) is 43.2 Å². The normalized spacial score (nSPS) is 14.3. The molecule has 2 unspecified atom stereocenters. The molecule has 0 bridgehead atoms.